The molecule has 0 radical (unpaired) electrons. The van der Waals surface area contributed by atoms with Crippen LogP contribution < -0.4 is 15.0 Å². The number of hydrogen-bond acceptors (Lipinski definition) is 6. The molecule has 1 fully saturated rings. The Balaban J connectivity index is 1.65. The number of barbiturate groups is 1. The number of nitrogens with zero attached hydrogens (tertiary/aromatic N) is 2. The highest BCUT2D eigenvalue weighted by Gasteiger charge is 2.38. The Labute approximate surface area is 227 Å². The van der Waals surface area contributed by atoms with Crippen molar-refractivity contribution in [3.05, 3.63) is 97.0 Å². The average molecular weight is 580 g/mol. The summed E-state index contributed by atoms with van der Waals surface area (Å²) < 4.78 is 44.3. The summed E-state index contributed by atoms with van der Waals surface area (Å²) in [5, 5.41) is 13.6. The number of nitrogens with one attached hydrogen (secondary N) is 1. The molecule has 1 heterocycles. The lowest BCUT2D eigenvalue weighted by molar-refractivity contribution is -0.385. The fraction of sp³-hybridized carbons (Fsp3) is 0.0800. The number of carbonyl (C=O) groups excluding carboxylic acids is 3. The van der Waals surface area contributed by atoms with Gasteiger partial charge in [0, 0.05) is 11.1 Å². The fourth-order valence-corrected chi connectivity index (χ4v) is 4.01. The summed E-state index contributed by atoms with van der Waals surface area (Å²) in [6.07, 6.45) is -3.64. The molecule has 3 aromatic carbocycles. The number of imide groups is 2. The third-order valence-electron chi connectivity index (χ3n) is 5.55. The monoisotopic (exact) mass is 579 g/mol. The van der Waals surface area contributed by atoms with Crippen molar-refractivity contribution in [2.24, 2.45) is 0 Å². The third kappa shape index (κ3) is 5.56. The van der Waals surface area contributed by atoms with Crippen LogP contribution >= 0.6 is 23.2 Å². The smallest absolute Gasteiger partial charge is 0.416 e. The first kappa shape index (κ1) is 27.6. The van der Waals surface area contributed by atoms with Gasteiger partial charge in [-0.25, -0.2) is 9.69 Å². The molecule has 3 aromatic rings. The van der Waals surface area contributed by atoms with Crippen LogP contribution in [0.25, 0.3) is 6.08 Å². The molecule has 9 nitrogen and oxygen atoms in total. The predicted molar refractivity (Wildman–Crippen MR) is 135 cm³/mol. The number of amides is 4. The van der Waals surface area contributed by atoms with Gasteiger partial charge in [0.2, 0.25) is 5.75 Å². The van der Waals surface area contributed by atoms with E-state index in [2.05, 4.69) is 5.32 Å². The van der Waals surface area contributed by atoms with Gasteiger partial charge >= 0.3 is 17.9 Å². The summed E-state index contributed by atoms with van der Waals surface area (Å²) in [5.41, 5.74) is -1.76. The molecule has 1 aliphatic heterocycles. The molecule has 0 aliphatic carbocycles. The second-order valence-electron chi connectivity index (χ2n) is 8.07. The summed E-state index contributed by atoms with van der Waals surface area (Å²) >= 11 is 12.3. The largest absolute Gasteiger partial charge is 0.449 e. The molecule has 200 valence electrons. The SMILES string of the molecule is Cc1c(Cl)cccc1N1C(=O)NC(=O)/C(=C\c2ccc(Oc3ccc(C(F)(F)F)cc3[N+](=O)[O-])c(Cl)c2)C1=O. The molecule has 4 amide bonds. The summed E-state index contributed by atoms with van der Waals surface area (Å²) in [5.74, 6) is -2.52. The van der Waals surface area contributed by atoms with Crippen molar-refractivity contribution in [2.75, 3.05) is 4.90 Å². The Morgan fingerprint density at radius 2 is 1.69 bits per heavy atom. The predicted octanol–water partition coefficient (Wildman–Crippen LogP) is 6.69. The highest BCUT2D eigenvalue weighted by molar-refractivity contribution is 6.40. The van der Waals surface area contributed by atoms with E-state index in [-0.39, 0.29) is 22.0 Å². The van der Waals surface area contributed by atoms with Gasteiger partial charge in [0.05, 0.1) is 21.2 Å². The zero-order valence-electron chi connectivity index (χ0n) is 19.5. The van der Waals surface area contributed by atoms with Gasteiger partial charge in [-0.15, -0.1) is 0 Å². The first-order valence-electron chi connectivity index (χ1n) is 10.8. The van der Waals surface area contributed by atoms with Crippen LogP contribution in [0.3, 0.4) is 0 Å². The van der Waals surface area contributed by atoms with Crippen molar-refractivity contribution in [2.45, 2.75) is 13.1 Å². The second kappa shape index (κ2) is 10.4. The molecule has 0 bridgehead atoms. The van der Waals surface area contributed by atoms with Crippen LogP contribution in [-0.2, 0) is 15.8 Å². The Morgan fingerprint density at radius 1 is 1.00 bits per heavy atom. The van der Waals surface area contributed by atoms with Crippen LogP contribution in [0.15, 0.2) is 60.2 Å². The number of anilines is 1. The lowest BCUT2D eigenvalue weighted by atomic mass is 10.1. The topological polar surface area (TPSA) is 119 Å². The number of carbonyl (C=O) groups is 3. The van der Waals surface area contributed by atoms with Crippen LogP contribution in [0.2, 0.25) is 10.0 Å². The Morgan fingerprint density at radius 3 is 2.33 bits per heavy atom. The van der Waals surface area contributed by atoms with Crippen LogP contribution in [0, 0.1) is 17.0 Å². The molecule has 0 unspecified atom stereocenters. The molecular formula is C25H14Cl2F3N3O6. The highest BCUT2D eigenvalue weighted by atomic mass is 35.5. The number of benzene rings is 3. The van der Waals surface area contributed by atoms with E-state index in [1.54, 1.807) is 13.0 Å². The third-order valence-corrected chi connectivity index (χ3v) is 6.26. The summed E-state index contributed by atoms with van der Waals surface area (Å²) in [6, 6.07) is 9.21. The van der Waals surface area contributed by atoms with Crippen LogP contribution in [-0.4, -0.2) is 22.8 Å². The molecule has 39 heavy (non-hydrogen) atoms. The van der Waals surface area contributed by atoms with Gasteiger partial charge in [-0.3, -0.25) is 25.0 Å². The van der Waals surface area contributed by atoms with Gasteiger partial charge in [-0.1, -0.05) is 35.3 Å². The average Bonchev–Trinajstić information content (AvgIpc) is 2.85. The van der Waals surface area contributed by atoms with E-state index in [0.29, 0.717) is 22.7 Å². The van der Waals surface area contributed by atoms with Crippen molar-refractivity contribution in [3.8, 4) is 11.5 Å². The molecule has 0 atom stereocenters. The number of rotatable bonds is 5. The van der Waals surface area contributed by atoms with Crippen molar-refractivity contribution >= 4 is 58.5 Å². The lowest BCUT2D eigenvalue weighted by Gasteiger charge is -2.27. The number of urea groups is 1. The second-order valence-corrected chi connectivity index (χ2v) is 8.89. The van der Waals surface area contributed by atoms with E-state index in [0.717, 1.165) is 17.0 Å². The normalized spacial score (nSPS) is 15.0. The zero-order chi connectivity index (χ0) is 28.6. The number of hydrogen-bond donors (Lipinski definition) is 1. The fourth-order valence-electron chi connectivity index (χ4n) is 3.61. The minimum Gasteiger partial charge on any atom is -0.449 e. The number of nitro benzene ring substituents is 1. The van der Waals surface area contributed by atoms with Crippen molar-refractivity contribution < 1.29 is 37.2 Å². The molecule has 1 saturated heterocycles. The quantitative estimate of drug-likeness (QED) is 0.156. The van der Waals surface area contributed by atoms with Crippen LogP contribution in [0.1, 0.15) is 16.7 Å². The molecule has 0 saturated carbocycles. The molecule has 4 rings (SSSR count). The molecule has 14 heteroatoms. The van der Waals surface area contributed by atoms with Gasteiger partial charge in [0.25, 0.3) is 11.8 Å². The van der Waals surface area contributed by atoms with Gasteiger partial charge < -0.3 is 4.74 Å². The van der Waals surface area contributed by atoms with E-state index < -0.39 is 51.5 Å². The molecular weight excluding hydrogens is 566 g/mol. The summed E-state index contributed by atoms with van der Waals surface area (Å²) in [6.45, 7) is 1.59. The number of nitro groups is 1. The minimum atomic E-state index is -4.80. The number of alkyl halides is 3. The Kier molecular flexibility index (Phi) is 7.35. The van der Waals surface area contributed by atoms with E-state index in [1.807, 2.05) is 0 Å². The van der Waals surface area contributed by atoms with Gasteiger partial charge in [0.1, 0.15) is 11.3 Å². The lowest BCUT2D eigenvalue weighted by Crippen LogP contribution is -2.54. The molecule has 1 aliphatic rings. The number of ether oxygens (including phenoxy) is 1. The van der Waals surface area contributed by atoms with Crippen LogP contribution in [0.5, 0.6) is 11.5 Å². The minimum absolute atomic E-state index is 0.138. The summed E-state index contributed by atoms with van der Waals surface area (Å²) in [7, 11) is 0. The maximum Gasteiger partial charge on any atom is 0.416 e. The van der Waals surface area contributed by atoms with Gasteiger partial charge in [0.15, 0.2) is 0 Å². The van der Waals surface area contributed by atoms with E-state index in [1.165, 1.54) is 30.3 Å². The van der Waals surface area contributed by atoms with Crippen molar-refractivity contribution in [1.82, 2.24) is 5.32 Å². The van der Waals surface area contributed by atoms with Gasteiger partial charge in [-0.05, 0) is 60.5 Å². The van der Waals surface area contributed by atoms with E-state index >= 15 is 0 Å². The standard InChI is InChI=1S/C25H14Cl2F3N3O6/c1-12-16(26)3-2-4-18(12)32-23(35)15(22(34)31-24(32)36)9-13-5-7-20(17(27)10-13)39-21-8-6-14(25(28,29)30)11-19(21)33(37)38/h2-11H,1H3,(H,31,34,36)/b15-9+. The summed E-state index contributed by atoms with van der Waals surface area (Å²) in [4.78, 5) is 49.1. The van der Waals surface area contributed by atoms with Gasteiger partial charge in [-0.2, -0.15) is 13.2 Å². The van der Waals surface area contributed by atoms with E-state index in [4.69, 9.17) is 27.9 Å². The highest BCUT2D eigenvalue weighted by Crippen LogP contribution is 2.39. The number of halogens is 5. The maximum absolute atomic E-state index is 13.1. The Bertz CT molecular complexity index is 1590. The molecule has 1 N–H and O–H groups in total. The van der Waals surface area contributed by atoms with Crippen molar-refractivity contribution in [1.29, 1.82) is 0 Å². The maximum atomic E-state index is 13.1. The molecule has 0 spiro atoms. The first-order chi connectivity index (χ1) is 18.3. The molecule has 0 aromatic heterocycles. The zero-order valence-corrected chi connectivity index (χ0v) is 21.0. The first-order valence-corrected chi connectivity index (χ1v) is 11.5. The van der Waals surface area contributed by atoms with E-state index in [9.17, 15) is 37.7 Å². The van der Waals surface area contributed by atoms with Crippen molar-refractivity contribution in [3.63, 3.8) is 0 Å². The Hall–Kier alpha value is -4.42. The van der Waals surface area contributed by atoms with Crippen LogP contribution in [0.4, 0.5) is 29.3 Å².